The molecule has 0 saturated carbocycles. The number of ether oxygens (including phenoxy) is 1. The molecule has 1 atom stereocenters. The van der Waals surface area contributed by atoms with Crippen LogP contribution in [0.1, 0.15) is 28.4 Å². The number of benzene rings is 2. The molecule has 2 aromatic carbocycles. The van der Waals surface area contributed by atoms with E-state index in [-0.39, 0.29) is 11.9 Å². The van der Waals surface area contributed by atoms with Gasteiger partial charge in [0.1, 0.15) is 11.9 Å². The lowest BCUT2D eigenvalue weighted by atomic mass is 10.00. The van der Waals surface area contributed by atoms with Crippen molar-refractivity contribution in [2.75, 3.05) is 0 Å². The van der Waals surface area contributed by atoms with Gasteiger partial charge in [-0.15, -0.1) is 0 Å². The van der Waals surface area contributed by atoms with Crippen LogP contribution in [0, 0.1) is 0 Å². The summed E-state index contributed by atoms with van der Waals surface area (Å²) in [6.45, 7) is 2.01. The van der Waals surface area contributed by atoms with Crippen LogP contribution in [0.2, 0.25) is 10.0 Å². The Hall–Kier alpha value is -1.51. The fraction of sp³-hybridized carbons (Fsp3) is 0.188. The summed E-state index contributed by atoms with van der Waals surface area (Å²) in [6.07, 6.45) is 0.998. The molecule has 0 spiro atoms. The molecular formula is C16H12Cl2O2. The molecule has 1 unspecified atom stereocenters. The zero-order valence-electron chi connectivity index (χ0n) is 10.8. The minimum Gasteiger partial charge on any atom is -0.490 e. The van der Waals surface area contributed by atoms with E-state index in [1.807, 2.05) is 19.1 Å². The third-order valence-electron chi connectivity index (χ3n) is 3.34. The van der Waals surface area contributed by atoms with Gasteiger partial charge in [0, 0.05) is 17.5 Å². The molecule has 1 aliphatic heterocycles. The molecule has 102 valence electrons. The van der Waals surface area contributed by atoms with E-state index in [0.717, 1.165) is 17.7 Å². The van der Waals surface area contributed by atoms with Crippen LogP contribution in [0.4, 0.5) is 0 Å². The Morgan fingerprint density at radius 2 is 1.80 bits per heavy atom. The molecule has 1 heterocycles. The Bertz CT molecular complexity index is 695. The number of carbonyl (C=O) groups is 1. The summed E-state index contributed by atoms with van der Waals surface area (Å²) in [5.74, 6) is 0.800. The summed E-state index contributed by atoms with van der Waals surface area (Å²) in [6, 6.07) is 10.4. The number of rotatable bonds is 2. The third kappa shape index (κ3) is 2.41. The first kappa shape index (κ1) is 13.5. The van der Waals surface area contributed by atoms with Crippen LogP contribution in [0.25, 0.3) is 0 Å². The first-order valence-electron chi connectivity index (χ1n) is 6.34. The highest BCUT2D eigenvalue weighted by Gasteiger charge is 2.21. The molecule has 0 saturated heterocycles. The van der Waals surface area contributed by atoms with Crippen LogP contribution in [0.3, 0.4) is 0 Å². The molecule has 0 amide bonds. The average Bonchev–Trinajstić information content (AvgIpc) is 2.80. The monoisotopic (exact) mass is 306 g/mol. The average molecular weight is 307 g/mol. The second-order valence-electron chi connectivity index (χ2n) is 4.91. The van der Waals surface area contributed by atoms with Gasteiger partial charge in [-0.1, -0.05) is 23.2 Å². The van der Waals surface area contributed by atoms with Crippen LogP contribution in [0.5, 0.6) is 5.75 Å². The van der Waals surface area contributed by atoms with E-state index in [0.29, 0.717) is 21.2 Å². The number of ketones is 1. The Morgan fingerprint density at radius 3 is 2.55 bits per heavy atom. The molecular weight excluding hydrogens is 295 g/mol. The van der Waals surface area contributed by atoms with Crippen molar-refractivity contribution >= 4 is 29.0 Å². The highest BCUT2D eigenvalue weighted by Crippen LogP contribution is 2.30. The molecule has 0 bridgehead atoms. The SMILES string of the molecule is CC1Cc2cc(C(=O)c3ccc(Cl)c(Cl)c3)ccc2O1. The quantitative estimate of drug-likeness (QED) is 0.761. The second-order valence-corrected chi connectivity index (χ2v) is 5.73. The zero-order valence-corrected chi connectivity index (χ0v) is 12.3. The molecule has 2 nitrogen and oxygen atoms in total. The first-order chi connectivity index (χ1) is 9.54. The van der Waals surface area contributed by atoms with Gasteiger partial charge in [-0.05, 0) is 48.9 Å². The van der Waals surface area contributed by atoms with Gasteiger partial charge >= 0.3 is 0 Å². The predicted octanol–water partition coefficient (Wildman–Crippen LogP) is 4.55. The van der Waals surface area contributed by atoms with Crippen molar-refractivity contribution in [3.63, 3.8) is 0 Å². The minimum absolute atomic E-state index is 0.0640. The van der Waals surface area contributed by atoms with E-state index in [1.54, 1.807) is 24.3 Å². The summed E-state index contributed by atoms with van der Waals surface area (Å²) < 4.78 is 5.63. The fourth-order valence-electron chi connectivity index (χ4n) is 2.37. The normalized spacial score (nSPS) is 16.6. The predicted molar refractivity (Wildman–Crippen MR) is 80.1 cm³/mol. The van der Waals surface area contributed by atoms with Crippen molar-refractivity contribution in [3.05, 3.63) is 63.1 Å². The number of halogens is 2. The molecule has 1 aliphatic rings. The van der Waals surface area contributed by atoms with E-state index in [2.05, 4.69) is 0 Å². The van der Waals surface area contributed by atoms with Crippen molar-refractivity contribution in [2.24, 2.45) is 0 Å². The van der Waals surface area contributed by atoms with Crippen molar-refractivity contribution < 1.29 is 9.53 Å². The van der Waals surface area contributed by atoms with Crippen molar-refractivity contribution in [3.8, 4) is 5.75 Å². The molecule has 20 heavy (non-hydrogen) atoms. The van der Waals surface area contributed by atoms with E-state index in [4.69, 9.17) is 27.9 Å². The van der Waals surface area contributed by atoms with E-state index in [1.165, 1.54) is 0 Å². The molecule has 2 aromatic rings. The van der Waals surface area contributed by atoms with Gasteiger partial charge in [-0.3, -0.25) is 4.79 Å². The fourth-order valence-corrected chi connectivity index (χ4v) is 2.67. The van der Waals surface area contributed by atoms with Gasteiger partial charge in [0.05, 0.1) is 10.0 Å². The topological polar surface area (TPSA) is 26.3 Å². The highest BCUT2D eigenvalue weighted by molar-refractivity contribution is 6.42. The number of hydrogen-bond acceptors (Lipinski definition) is 2. The smallest absolute Gasteiger partial charge is 0.193 e. The molecule has 0 N–H and O–H groups in total. The van der Waals surface area contributed by atoms with Gasteiger partial charge in [-0.2, -0.15) is 0 Å². The largest absolute Gasteiger partial charge is 0.490 e. The van der Waals surface area contributed by atoms with Crippen LogP contribution in [0.15, 0.2) is 36.4 Å². The zero-order chi connectivity index (χ0) is 14.3. The van der Waals surface area contributed by atoms with Crippen LogP contribution in [-0.2, 0) is 6.42 Å². The van der Waals surface area contributed by atoms with Crippen LogP contribution >= 0.6 is 23.2 Å². The van der Waals surface area contributed by atoms with Crippen LogP contribution < -0.4 is 4.74 Å². The molecule has 0 aliphatic carbocycles. The van der Waals surface area contributed by atoms with Crippen LogP contribution in [-0.4, -0.2) is 11.9 Å². The van der Waals surface area contributed by atoms with Gasteiger partial charge in [-0.25, -0.2) is 0 Å². The maximum Gasteiger partial charge on any atom is 0.193 e. The Balaban J connectivity index is 1.95. The summed E-state index contributed by atoms with van der Waals surface area (Å²) >= 11 is 11.8. The minimum atomic E-state index is -0.0640. The standard InChI is InChI=1S/C16H12Cl2O2/c1-9-6-12-7-10(3-5-15(12)20-9)16(19)11-2-4-13(17)14(18)8-11/h2-5,7-9H,6H2,1H3. The lowest BCUT2D eigenvalue weighted by Gasteiger charge is -2.05. The highest BCUT2D eigenvalue weighted by atomic mass is 35.5. The molecule has 4 heteroatoms. The number of carbonyl (C=O) groups excluding carboxylic acids is 1. The van der Waals surface area contributed by atoms with E-state index in [9.17, 15) is 4.79 Å². The molecule has 0 fully saturated rings. The maximum absolute atomic E-state index is 12.4. The lowest BCUT2D eigenvalue weighted by molar-refractivity contribution is 0.103. The van der Waals surface area contributed by atoms with Crippen molar-refractivity contribution in [1.29, 1.82) is 0 Å². The second kappa shape index (κ2) is 5.12. The van der Waals surface area contributed by atoms with Gasteiger partial charge in [0.2, 0.25) is 0 Å². The molecule has 0 aromatic heterocycles. The van der Waals surface area contributed by atoms with Gasteiger partial charge in [0.15, 0.2) is 5.78 Å². The summed E-state index contributed by atoms with van der Waals surface area (Å²) in [7, 11) is 0. The molecule has 3 rings (SSSR count). The Labute approximate surface area is 127 Å². The van der Waals surface area contributed by atoms with Crippen molar-refractivity contribution in [2.45, 2.75) is 19.4 Å². The summed E-state index contributed by atoms with van der Waals surface area (Å²) in [5, 5.41) is 0.829. The van der Waals surface area contributed by atoms with E-state index >= 15 is 0 Å². The van der Waals surface area contributed by atoms with Crippen molar-refractivity contribution in [1.82, 2.24) is 0 Å². The number of fused-ring (bicyclic) bond motifs is 1. The van der Waals surface area contributed by atoms with Gasteiger partial charge < -0.3 is 4.74 Å². The molecule has 0 radical (unpaired) electrons. The number of hydrogen-bond donors (Lipinski definition) is 0. The van der Waals surface area contributed by atoms with Gasteiger partial charge in [0.25, 0.3) is 0 Å². The summed E-state index contributed by atoms with van der Waals surface area (Å²) in [5.41, 5.74) is 2.24. The Kier molecular flexibility index (Phi) is 3.45. The Morgan fingerprint density at radius 1 is 1.10 bits per heavy atom. The lowest BCUT2D eigenvalue weighted by Crippen LogP contribution is -2.05. The maximum atomic E-state index is 12.4. The summed E-state index contributed by atoms with van der Waals surface area (Å²) in [4.78, 5) is 12.4. The first-order valence-corrected chi connectivity index (χ1v) is 7.09. The van der Waals surface area contributed by atoms with E-state index < -0.39 is 0 Å². The third-order valence-corrected chi connectivity index (χ3v) is 4.08.